The Morgan fingerprint density at radius 3 is 2.44 bits per heavy atom. The highest BCUT2D eigenvalue weighted by atomic mass is 16.6. The fraction of sp³-hybridized carbons (Fsp3) is 0.917. The maximum Gasteiger partial charge on any atom is 0.332 e. The molecule has 0 aromatic heterocycles. The number of rotatable bonds is 6. The number of carbonyl (C=O) groups excluding carboxylic acids is 1. The second-order valence-corrected chi connectivity index (χ2v) is 5.27. The van der Waals surface area contributed by atoms with Gasteiger partial charge in [0.2, 0.25) is 0 Å². The molecule has 1 unspecified atom stereocenters. The molecule has 0 radical (unpaired) electrons. The van der Waals surface area contributed by atoms with E-state index < -0.39 is 0 Å². The second kappa shape index (κ2) is 5.64. The second-order valence-electron chi connectivity index (χ2n) is 5.27. The van der Waals surface area contributed by atoms with E-state index in [-0.39, 0.29) is 24.3 Å². The number of ether oxygens (including phenoxy) is 2. The Hall–Kier alpha value is -0.610. The third-order valence-electron chi connectivity index (χ3n) is 2.67. The molecule has 0 bridgehead atoms. The van der Waals surface area contributed by atoms with Gasteiger partial charge in [0.25, 0.3) is 0 Å². The first kappa shape index (κ1) is 13.5. The van der Waals surface area contributed by atoms with Crippen LogP contribution in [0.2, 0.25) is 0 Å². The zero-order valence-electron chi connectivity index (χ0n) is 10.7. The van der Waals surface area contributed by atoms with Gasteiger partial charge in [-0.2, -0.15) is 0 Å². The third-order valence-corrected chi connectivity index (χ3v) is 2.67. The summed E-state index contributed by atoms with van der Waals surface area (Å²) in [6.45, 7) is 9.81. The largest absolute Gasteiger partial charge is 0.461 e. The van der Waals surface area contributed by atoms with Crippen LogP contribution in [0, 0.1) is 5.92 Å². The van der Waals surface area contributed by atoms with Crippen LogP contribution in [0.3, 0.4) is 0 Å². The molecule has 1 fully saturated rings. The van der Waals surface area contributed by atoms with Crippen LogP contribution in [0.25, 0.3) is 0 Å². The van der Waals surface area contributed by atoms with Crippen molar-refractivity contribution < 1.29 is 14.3 Å². The van der Waals surface area contributed by atoms with Gasteiger partial charge in [-0.3, -0.25) is 0 Å². The Balaban J connectivity index is 2.15. The van der Waals surface area contributed by atoms with Crippen molar-refractivity contribution in [1.29, 1.82) is 0 Å². The summed E-state index contributed by atoms with van der Waals surface area (Å²) in [4.78, 5) is 11.5. The molecule has 4 nitrogen and oxygen atoms in total. The predicted molar refractivity (Wildman–Crippen MR) is 62.2 cm³/mol. The molecule has 0 spiro atoms. The van der Waals surface area contributed by atoms with E-state index in [9.17, 15) is 4.79 Å². The number of esters is 1. The first-order valence-electron chi connectivity index (χ1n) is 5.95. The number of carbonyl (C=O) groups is 1. The van der Waals surface area contributed by atoms with Crippen molar-refractivity contribution in [2.45, 2.75) is 45.8 Å². The molecule has 1 heterocycles. The highest BCUT2D eigenvalue weighted by Gasteiger charge is 2.33. The molecule has 94 valence electrons. The van der Waals surface area contributed by atoms with Gasteiger partial charge in [0.15, 0.2) is 0 Å². The van der Waals surface area contributed by atoms with E-state index in [4.69, 9.17) is 9.47 Å². The summed E-state index contributed by atoms with van der Waals surface area (Å²) in [7, 11) is 0. The maximum atomic E-state index is 11.5. The summed E-state index contributed by atoms with van der Waals surface area (Å²) in [5.74, 6) is 0.276. The molecule has 1 saturated heterocycles. The van der Waals surface area contributed by atoms with Crippen molar-refractivity contribution in [3.8, 4) is 0 Å². The van der Waals surface area contributed by atoms with Crippen molar-refractivity contribution in [1.82, 2.24) is 5.32 Å². The van der Waals surface area contributed by atoms with Gasteiger partial charge >= 0.3 is 5.97 Å². The van der Waals surface area contributed by atoms with Gasteiger partial charge in [-0.15, -0.1) is 0 Å². The van der Waals surface area contributed by atoms with Crippen molar-refractivity contribution >= 4 is 5.97 Å². The molecule has 1 N–H and O–H groups in total. The SMILES string of the molecule is CC(C)CC(C)OC(=O)COC1(C)CNC1. The summed E-state index contributed by atoms with van der Waals surface area (Å²) in [6.07, 6.45) is 0.869. The zero-order chi connectivity index (χ0) is 12.2. The minimum atomic E-state index is -0.263. The molecule has 1 aliphatic rings. The van der Waals surface area contributed by atoms with Crippen LogP contribution in [0.5, 0.6) is 0 Å². The van der Waals surface area contributed by atoms with Crippen molar-refractivity contribution in [2.75, 3.05) is 19.7 Å². The lowest BCUT2D eigenvalue weighted by Gasteiger charge is -2.38. The van der Waals surface area contributed by atoms with E-state index in [1.807, 2.05) is 13.8 Å². The number of hydrogen-bond donors (Lipinski definition) is 1. The van der Waals surface area contributed by atoms with Gasteiger partial charge in [0.1, 0.15) is 6.61 Å². The van der Waals surface area contributed by atoms with Gasteiger partial charge in [-0.1, -0.05) is 13.8 Å². The van der Waals surface area contributed by atoms with Gasteiger partial charge in [0.05, 0.1) is 11.7 Å². The number of hydrogen-bond acceptors (Lipinski definition) is 4. The van der Waals surface area contributed by atoms with Gasteiger partial charge in [-0.05, 0) is 26.2 Å². The first-order chi connectivity index (χ1) is 7.41. The monoisotopic (exact) mass is 229 g/mol. The lowest BCUT2D eigenvalue weighted by Crippen LogP contribution is -2.59. The van der Waals surface area contributed by atoms with E-state index in [2.05, 4.69) is 19.2 Å². The van der Waals surface area contributed by atoms with Gasteiger partial charge < -0.3 is 14.8 Å². The molecule has 0 aromatic rings. The molecule has 16 heavy (non-hydrogen) atoms. The summed E-state index contributed by atoms with van der Waals surface area (Å²) in [6, 6.07) is 0. The minimum Gasteiger partial charge on any atom is -0.461 e. The molecule has 0 aromatic carbocycles. The first-order valence-corrected chi connectivity index (χ1v) is 5.95. The Labute approximate surface area is 97.7 Å². The lowest BCUT2D eigenvalue weighted by atomic mass is 10.0. The summed E-state index contributed by atoms with van der Waals surface area (Å²) >= 11 is 0. The standard InChI is InChI=1S/C12H23NO3/c1-9(2)5-10(3)16-11(14)6-15-12(4)7-13-8-12/h9-10,13H,5-8H2,1-4H3. The van der Waals surface area contributed by atoms with Crippen LogP contribution in [-0.2, 0) is 14.3 Å². The molecular formula is C12H23NO3. The molecule has 0 aliphatic carbocycles. The van der Waals surface area contributed by atoms with Crippen LogP contribution in [0.15, 0.2) is 0 Å². The van der Waals surface area contributed by atoms with E-state index in [0.717, 1.165) is 19.5 Å². The topological polar surface area (TPSA) is 47.6 Å². The Kier molecular flexibility index (Phi) is 4.74. The summed E-state index contributed by atoms with van der Waals surface area (Å²) < 4.78 is 10.7. The minimum absolute atomic E-state index is 0.0246. The molecular weight excluding hydrogens is 206 g/mol. The fourth-order valence-electron chi connectivity index (χ4n) is 1.78. The van der Waals surface area contributed by atoms with E-state index in [1.54, 1.807) is 0 Å². The van der Waals surface area contributed by atoms with Gasteiger partial charge in [0, 0.05) is 13.1 Å². The highest BCUT2D eigenvalue weighted by Crippen LogP contribution is 2.15. The van der Waals surface area contributed by atoms with Crippen molar-refractivity contribution in [2.24, 2.45) is 5.92 Å². The van der Waals surface area contributed by atoms with E-state index in [0.29, 0.717) is 5.92 Å². The molecule has 0 saturated carbocycles. The third kappa shape index (κ3) is 4.49. The maximum absolute atomic E-state index is 11.5. The van der Waals surface area contributed by atoms with Crippen molar-refractivity contribution in [3.63, 3.8) is 0 Å². The fourth-order valence-corrected chi connectivity index (χ4v) is 1.78. The van der Waals surface area contributed by atoms with E-state index in [1.165, 1.54) is 0 Å². The lowest BCUT2D eigenvalue weighted by molar-refractivity contribution is -0.163. The summed E-state index contributed by atoms with van der Waals surface area (Å²) in [5.41, 5.74) is -0.180. The Bertz CT molecular complexity index is 236. The van der Waals surface area contributed by atoms with Gasteiger partial charge in [-0.25, -0.2) is 4.79 Å². The molecule has 1 rings (SSSR count). The molecule has 1 aliphatic heterocycles. The van der Waals surface area contributed by atoms with Crippen LogP contribution in [-0.4, -0.2) is 37.4 Å². The smallest absolute Gasteiger partial charge is 0.332 e. The molecule has 1 atom stereocenters. The van der Waals surface area contributed by atoms with E-state index >= 15 is 0 Å². The zero-order valence-corrected chi connectivity index (χ0v) is 10.7. The van der Waals surface area contributed by atoms with Crippen LogP contribution >= 0.6 is 0 Å². The molecule has 0 amide bonds. The van der Waals surface area contributed by atoms with Crippen LogP contribution in [0.1, 0.15) is 34.1 Å². The number of nitrogens with one attached hydrogen (secondary N) is 1. The Morgan fingerprint density at radius 1 is 1.38 bits per heavy atom. The van der Waals surface area contributed by atoms with Crippen LogP contribution < -0.4 is 5.32 Å². The molecule has 4 heteroatoms. The van der Waals surface area contributed by atoms with Crippen molar-refractivity contribution in [3.05, 3.63) is 0 Å². The van der Waals surface area contributed by atoms with Crippen LogP contribution in [0.4, 0.5) is 0 Å². The Morgan fingerprint density at radius 2 is 2.00 bits per heavy atom. The normalized spacial score (nSPS) is 20.3. The average Bonchev–Trinajstić information content (AvgIpc) is 2.10. The predicted octanol–water partition coefficient (Wildman–Crippen LogP) is 1.34. The highest BCUT2D eigenvalue weighted by molar-refractivity contribution is 5.70. The quantitative estimate of drug-likeness (QED) is 0.698. The summed E-state index contributed by atoms with van der Waals surface area (Å²) in [5, 5.41) is 3.12. The average molecular weight is 229 g/mol.